The fraction of sp³-hybridized carbons (Fsp3) is 0.186. The van der Waals surface area contributed by atoms with Crippen LogP contribution < -0.4 is 31.9 Å². The molecule has 0 aliphatic rings. The number of fused-ring (bicyclic) bond motifs is 1. The van der Waals surface area contributed by atoms with Gasteiger partial charge in [0.1, 0.15) is 11.1 Å². The number of unbranched alkanes of at least 4 members (excludes halogenated alkanes) is 2. The Kier molecular flexibility index (Phi) is 33.0. The number of amides is 6. The third-order valence-electron chi connectivity index (χ3n) is 13.9. The van der Waals surface area contributed by atoms with Gasteiger partial charge in [0.15, 0.2) is 30.1 Å². The van der Waals surface area contributed by atoms with Crippen LogP contribution in [0.25, 0.3) is 10.1 Å². The summed E-state index contributed by atoms with van der Waals surface area (Å²) in [6.07, 6.45) is 3.09. The predicted molar refractivity (Wildman–Crippen MR) is 432 cm³/mol. The lowest BCUT2D eigenvalue weighted by atomic mass is 10.1. The second-order valence-electron chi connectivity index (χ2n) is 22.4. The summed E-state index contributed by atoms with van der Waals surface area (Å²) in [4.78, 5) is 132. The van der Waals surface area contributed by atoms with Gasteiger partial charge in [-0.3, -0.25) is 84.7 Å². The van der Waals surface area contributed by atoms with Crippen LogP contribution in [0, 0.1) is 92.1 Å². The maximum atomic E-state index is 12.6. The Morgan fingerprint density at radius 3 is 1.33 bits per heavy atom. The second-order valence-corrected chi connectivity index (χ2v) is 32.3. The van der Waals surface area contributed by atoms with Crippen LogP contribution in [0.2, 0.25) is 5.02 Å². The number of furan rings is 1. The topological polar surface area (TPSA) is 416 Å². The number of thiophene rings is 7. The number of halogens is 4. The molecule has 0 atom stereocenters. The largest absolute Gasteiger partial charge is 0.472 e. The Labute approximate surface area is 665 Å². The summed E-state index contributed by atoms with van der Waals surface area (Å²) in [6, 6.07) is 32.2. The van der Waals surface area contributed by atoms with E-state index in [1.807, 2.05) is 31.2 Å². The summed E-state index contributed by atoms with van der Waals surface area (Å²) in [6.45, 7) is 12.7. The van der Waals surface area contributed by atoms with E-state index in [0.29, 0.717) is 53.4 Å². The molecule has 0 radical (unpaired) electrons. The van der Waals surface area contributed by atoms with Crippen LogP contribution in [0.15, 0.2) is 156 Å². The molecule has 0 bridgehead atoms. The van der Waals surface area contributed by atoms with Gasteiger partial charge in [-0.05, 0) is 102 Å². The molecule has 6 amide bonds. The van der Waals surface area contributed by atoms with E-state index in [2.05, 4.69) is 43.8 Å². The summed E-state index contributed by atoms with van der Waals surface area (Å²) in [5, 5.41) is 74.1. The number of hydrogen-bond donors (Lipinski definition) is 6. The Morgan fingerprint density at radius 2 is 0.919 bits per heavy atom. The molecule has 41 heteroatoms. The minimum Gasteiger partial charge on any atom is -0.472 e. The lowest BCUT2D eigenvalue weighted by Crippen LogP contribution is -2.13. The van der Waals surface area contributed by atoms with Crippen molar-refractivity contribution in [3.63, 3.8) is 0 Å². The van der Waals surface area contributed by atoms with Gasteiger partial charge in [0.25, 0.3) is 29.5 Å². The summed E-state index contributed by atoms with van der Waals surface area (Å²) in [5.41, 5.74) is -0.918. The van der Waals surface area contributed by atoms with E-state index in [-0.39, 0.29) is 85.1 Å². The molecule has 582 valence electrons. The number of nitro groups is 5. The second kappa shape index (κ2) is 41.4. The van der Waals surface area contributed by atoms with Gasteiger partial charge in [0, 0.05) is 93.4 Å². The minimum absolute atomic E-state index is 0. The Balaban J connectivity index is 0.000000208. The third-order valence-corrected chi connectivity index (χ3v) is 22.1. The molecule has 0 unspecified atom stereocenters. The standard InChI is InChI=1S/C13H9ClN2OS2.C13H9F3N2O3S.C12H10N2O3S.C11H16N2O3S.C10H8N2O4S.C10H8N2O3S2.CH4/c1-7-6-15-13(18-7)16-12(17)11-10(14)8-4-2-3-5-9(8)19-11;1-7-5-10(18(20)21)12(22-7)17-11(19)8-3-2-4-9(6-8)13(14,15)16;1-8-7-10(14(16)17)12(18-8)13-11(15)9-5-3-2-4-6-9;1-3-4-5-6-10(14)12-11-9(13(15)16)7-8(2)17-11;1-6-4-8(12(14)15)10(17-6)11-9(13)7-2-3-16-5-7;1-6-5-7(12(14)15)10(17-6)11-9(13)8-3-2-4-16-8;/h2-6H,1H3,(H,15,16,17);2-6H,1H3,(H,17,19);2-7H,1H3,(H,13,15);7H,3-6H2,1-2H3,(H,12,14);2*2-5H,1H3,(H,11,13);1H4. The number of thiazole rings is 1. The highest BCUT2D eigenvalue weighted by molar-refractivity contribution is 7.22. The number of aromatic nitrogens is 1. The number of anilines is 6. The highest BCUT2D eigenvalue weighted by atomic mass is 35.5. The average molecular weight is 1690 g/mol. The molecule has 9 heterocycles. The normalized spacial score (nSPS) is 10.4. The molecule has 0 saturated heterocycles. The Morgan fingerprint density at radius 1 is 0.477 bits per heavy atom. The number of rotatable bonds is 20. The van der Waals surface area contributed by atoms with Crippen LogP contribution in [-0.4, -0.2) is 65.0 Å². The lowest BCUT2D eigenvalue weighted by molar-refractivity contribution is -0.383. The molecule has 0 spiro atoms. The smallest absolute Gasteiger partial charge is 0.416 e. The highest BCUT2D eigenvalue weighted by Crippen LogP contribution is 2.40. The SMILES string of the molecule is C.CCCCCC(=O)Nc1sc(C)cc1[N+](=O)[O-].Cc1cc([N+](=O)[O-])c(NC(=O)c2cccc(C(F)(F)F)c2)s1.Cc1cc([N+](=O)[O-])c(NC(=O)c2ccccc2)s1.Cc1cc([N+](=O)[O-])c(NC(=O)c2cccs2)s1.Cc1cc([N+](=O)[O-])c(NC(=O)c2ccoc2)s1.Cc1cnc(NC(=O)c2sc3ccccc3c2Cl)s1. The number of carbonyl (C=O) groups is 6. The number of carbonyl (C=O) groups excluding carboxylic acids is 6. The van der Waals surface area contributed by atoms with E-state index in [1.54, 1.807) is 88.7 Å². The maximum absolute atomic E-state index is 12.6. The van der Waals surface area contributed by atoms with Crippen LogP contribution in [0.1, 0.15) is 125 Å². The van der Waals surface area contributed by atoms with Crippen LogP contribution in [0.5, 0.6) is 0 Å². The van der Waals surface area contributed by atoms with Gasteiger partial charge < -0.3 is 31.0 Å². The van der Waals surface area contributed by atoms with Gasteiger partial charge in [0.2, 0.25) is 5.91 Å². The van der Waals surface area contributed by atoms with Crippen molar-refractivity contribution in [3.8, 4) is 0 Å². The van der Waals surface area contributed by atoms with Crippen molar-refractivity contribution in [2.24, 2.45) is 0 Å². The van der Waals surface area contributed by atoms with Crippen molar-refractivity contribution in [1.29, 1.82) is 0 Å². The molecule has 0 fully saturated rings. The zero-order chi connectivity index (χ0) is 80.7. The maximum Gasteiger partial charge on any atom is 0.416 e. The van der Waals surface area contributed by atoms with Crippen molar-refractivity contribution in [1.82, 2.24) is 4.98 Å². The van der Waals surface area contributed by atoms with Crippen LogP contribution in [0.4, 0.5) is 71.7 Å². The van der Waals surface area contributed by atoms with E-state index >= 15 is 0 Å². The van der Waals surface area contributed by atoms with Crippen LogP contribution in [0.3, 0.4) is 0 Å². The molecule has 9 aromatic heterocycles. The molecule has 12 rings (SSSR count). The fourth-order valence-electron chi connectivity index (χ4n) is 9.00. The number of hydrogen-bond acceptors (Lipinski definition) is 26. The number of nitrogens with one attached hydrogen (secondary N) is 6. The van der Waals surface area contributed by atoms with E-state index in [4.69, 9.17) is 16.0 Å². The van der Waals surface area contributed by atoms with Crippen molar-refractivity contribution in [2.75, 3.05) is 31.9 Å². The van der Waals surface area contributed by atoms with E-state index in [9.17, 15) is 92.5 Å². The third kappa shape index (κ3) is 26.2. The van der Waals surface area contributed by atoms with Crippen molar-refractivity contribution >= 4 is 206 Å². The molecule has 12 aromatic rings. The molecular weight excluding hydrogens is 1630 g/mol. The van der Waals surface area contributed by atoms with Crippen LogP contribution >= 0.6 is 102 Å². The van der Waals surface area contributed by atoms with Gasteiger partial charge in [-0.15, -0.1) is 90.7 Å². The monoisotopic (exact) mass is 1690 g/mol. The summed E-state index contributed by atoms with van der Waals surface area (Å²) >= 11 is 16.2. The number of benzene rings is 3. The molecule has 0 aliphatic heterocycles. The highest BCUT2D eigenvalue weighted by Gasteiger charge is 2.32. The van der Waals surface area contributed by atoms with Gasteiger partial charge in [-0.1, -0.05) is 87.3 Å². The molecule has 111 heavy (non-hydrogen) atoms. The molecule has 0 aliphatic carbocycles. The Bertz CT molecular complexity index is 5200. The first-order chi connectivity index (χ1) is 52.1. The Hall–Kier alpha value is -11.4. The fourth-order valence-corrected chi connectivity index (χ4v) is 16.1. The summed E-state index contributed by atoms with van der Waals surface area (Å²) in [5.74, 6) is -2.28. The van der Waals surface area contributed by atoms with Crippen molar-refractivity contribution in [2.45, 2.75) is 87.8 Å². The van der Waals surface area contributed by atoms with Crippen molar-refractivity contribution in [3.05, 3.63) is 268 Å². The van der Waals surface area contributed by atoms with Gasteiger partial charge in [0.05, 0.1) is 51.9 Å². The van der Waals surface area contributed by atoms with Gasteiger partial charge >= 0.3 is 34.6 Å². The van der Waals surface area contributed by atoms with E-state index in [1.165, 1.54) is 123 Å². The first kappa shape index (κ1) is 88.5. The van der Waals surface area contributed by atoms with E-state index in [0.717, 1.165) is 88.5 Å². The average Bonchev–Trinajstić information content (AvgIpc) is 1.67. The quantitative estimate of drug-likeness (QED) is 0.0234. The summed E-state index contributed by atoms with van der Waals surface area (Å²) < 4.78 is 43.6. The number of aryl methyl sites for hydroxylation is 6. The first-order valence-corrected chi connectivity index (χ1v) is 38.6. The van der Waals surface area contributed by atoms with Gasteiger partial charge in [-0.2, -0.15) is 13.2 Å². The van der Waals surface area contributed by atoms with Crippen molar-refractivity contribution < 1.29 is 71.0 Å². The predicted octanol–water partition coefficient (Wildman–Crippen LogP) is 22.2. The molecule has 0 saturated carbocycles. The molecule has 3 aromatic carbocycles. The first-order valence-electron chi connectivity index (χ1n) is 31.6. The van der Waals surface area contributed by atoms with Gasteiger partial charge in [-0.25, -0.2) is 4.98 Å². The summed E-state index contributed by atoms with van der Waals surface area (Å²) in [7, 11) is 0. The molecule has 29 nitrogen and oxygen atoms in total. The number of nitrogens with zero attached hydrogens (tertiary/aromatic N) is 6. The van der Waals surface area contributed by atoms with Crippen LogP contribution in [-0.2, 0) is 11.0 Å². The lowest BCUT2D eigenvalue weighted by Gasteiger charge is -2.08. The zero-order valence-electron chi connectivity index (χ0n) is 58.2. The minimum atomic E-state index is -4.57. The molecule has 6 N–H and O–H groups in total. The number of alkyl halides is 3. The zero-order valence-corrected chi connectivity index (χ0v) is 65.5. The van der Waals surface area contributed by atoms with E-state index < -0.39 is 48.2 Å². The molecular formula is C70H64ClF3N12O17S8.